The van der Waals surface area contributed by atoms with Gasteiger partial charge in [-0.2, -0.15) is 18.3 Å². The first-order chi connectivity index (χ1) is 13.1. The van der Waals surface area contributed by atoms with Crippen LogP contribution in [0, 0.1) is 5.92 Å². The Labute approximate surface area is 166 Å². The maximum absolute atomic E-state index is 13.2. The SMILES string of the molecule is CCc1ccccc1NC(=O)[C@H]1C(=S)N(C)C[C@@H]1c1cc(C(F)(F)F)n(C)n1. The number of rotatable bonds is 4. The number of carbonyl (C=O) groups is 1. The van der Waals surface area contributed by atoms with E-state index >= 15 is 0 Å². The van der Waals surface area contributed by atoms with Crippen molar-refractivity contribution in [3.8, 4) is 0 Å². The van der Waals surface area contributed by atoms with Crippen LogP contribution in [0.15, 0.2) is 30.3 Å². The maximum Gasteiger partial charge on any atom is 0.433 e. The smallest absolute Gasteiger partial charge is 0.368 e. The summed E-state index contributed by atoms with van der Waals surface area (Å²) >= 11 is 5.42. The van der Waals surface area contributed by atoms with Gasteiger partial charge in [0.2, 0.25) is 5.91 Å². The van der Waals surface area contributed by atoms with Crippen LogP contribution in [-0.4, -0.2) is 39.2 Å². The van der Waals surface area contributed by atoms with Gasteiger partial charge in [-0.05, 0) is 24.1 Å². The van der Waals surface area contributed by atoms with Crippen LogP contribution in [0.3, 0.4) is 0 Å². The molecule has 1 aromatic heterocycles. The predicted octanol–water partition coefficient (Wildman–Crippen LogP) is 3.61. The second-order valence-electron chi connectivity index (χ2n) is 6.88. The Kier molecular flexibility index (Phi) is 5.47. The summed E-state index contributed by atoms with van der Waals surface area (Å²) in [7, 11) is 2.98. The number of carbonyl (C=O) groups excluding carboxylic acids is 1. The van der Waals surface area contributed by atoms with E-state index in [0.29, 0.717) is 17.2 Å². The molecule has 1 saturated heterocycles. The number of nitrogens with zero attached hydrogens (tertiary/aromatic N) is 3. The molecule has 1 aromatic carbocycles. The van der Waals surface area contributed by atoms with Gasteiger partial charge in [-0.25, -0.2) is 0 Å². The fourth-order valence-corrected chi connectivity index (χ4v) is 3.90. The number of hydrogen-bond donors (Lipinski definition) is 1. The van der Waals surface area contributed by atoms with E-state index in [1.807, 2.05) is 25.1 Å². The zero-order valence-electron chi connectivity index (χ0n) is 15.7. The number of aromatic nitrogens is 2. The van der Waals surface area contributed by atoms with E-state index < -0.39 is 23.7 Å². The van der Waals surface area contributed by atoms with Crippen molar-refractivity contribution in [2.75, 3.05) is 18.9 Å². The highest BCUT2D eigenvalue weighted by molar-refractivity contribution is 7.80. The molecule has 2 atom stereocenters. The zero-order chi connectivity index (χ0) is 20.6. The van der Waals surface area contributed by atoms with Crippen molar-refractivity contribution in [3.05, 3.63) is 47.3 Å². The van der Waals surface area contributed by atoms with E-state index in [0.717, 1.165) is 22.7 Å². The van der Waals surface area contributed by atoms with Gasteiger partial charge in [-0.1, -0.05) is 37.3 Å². The van der Waals surface area contributed by atoms with E-state index in [9.17, 15) is 18.0 Å². The van der Waals surface area contributed by atoms with Crippen LogP contribution in [0.1, 0.15) is 29.8 Å². The van der Waals surface area contributed by atoms with Gasteiger partial charge in [0.25, 0.3) is 0 Å². The molecule has 0 spiro atoms. The number of amides is 1. The zero-order valence-corrected chi connectivity index (χ0v) is 16.6. The summed E-state index contributed by atoms with van der Waals surface area (Å²) in [6.45, 7) is 2.31. The minimum atomic E-state index is -4.51. The first kappa shape index (κ1) is 20.3. The van der Waals surface area contributed by atoms with Crippen molar-refractivity contribution in [1.82, 2.24) is 14.7 Å². The Morgan fingerprint density at radius 1 is 1.32 bits per heavy atom. The van der Waals surface area contributed by atoms with Crippen molar-refractivity contribution >= 4 is 28.8 Å². The number of halogens is 3. The summed E-state index contributed by atoms with van der Waals surface area (Å²) in [5, 5.41) is 6.93. The molecule has 5 nitrogen and oxygen atoms in total. The third-order valence-electron chi connectivity index (χ3n) is 5.02. The Morgan fingerprint density at radius 2 is 2.00 bits per heavy atom. The van der Waals surface area contributed by atoms with Crippen LogP contribution in [0.2, 0.25) is 0 Å². The highest BCUT2D eigenvalue weighted by Gasteiger charge is 2.44. The van der Waals surface area contributed by atoms with Gasteiger partial charge in [0.15, 0.2) is 0 Å². The first-order valence-corrected chi connectivity index (χ1v) is 9.29. The number of aryl methyl sites for hydroxylation is 2. The minimum absolute atomic E-state index is 0.213. The van der Waals surface area contributed by atoms with Crippen LogP contribution in [0.4, 0.5) is 18.9 Å². The van der Waals surface area contributed by atoms with Crippen molar-refractivity contribution in [1.29, 1.82) is 0 Å². The number of para-hydroxylation sites is 1. The van der Waals surface area contributed by atoms with Gasteiger partial charge in [0.05, 0.1) is 16.6 Å². The number of hydrogen-bond acceptors (Lipinski definition) is 3. The highest BCUT2D eigenvalue weighted by Crippen LogP contribution is 2.37. The quantitative estimate of drug-likeness (QED) is 0.783. The van der Waals surface area contributed by atoms with Crippen molar-refractivity contribution in [3.63, 3.8) is 0 Å². The summed E-state index contributed by atoms with van der Waals surface area (Å²) < 4.78 is 40.3. The molecular weight excluding hydrogens is 389 g/mol. The van der Waals surface area contributed by atoms with Gasteiger partial charge in [-0.15, -0.1) is 0 Å². The average Bonchev–Trinajstić information content (AvgIpc) is 3.15. The molecule has 0 aliphatic carbocycles. The molecule has 0 saturated carbocycles. The van der Waals surface area contributed by atoms with E-state index in [4.69, 9.17) is 12.2 Å². The fourth-order valence-electron chi connectivity index (χ4n) is 3.56. The largest absolute Gasteiger partial charge is 0.433 e. The molecule has 1 aliphatic heterocycles. The van der Waals surface area contributed by atoms with Crippen LogP contribution in [0.25, 0.3) is 0 Å². The van der Waals surface area contributed by atoms with Crippen LogP contribution >= 0.6 is 12.2 Å². The number of likely N-dealkylation sites (tertiary alicyclic amines) is 1. The lowest BCUT2D eigenvalue weighted by Crippen LogP contribution is -2.32. The van der Waals surface area contributed by atoms with E-state index in [2.05, 4.69) is 10.4 Å². The summed E-state index contributed by atoms with van der Waals surface area (Å²) in [5.41, 5.74) is 1.02. The number of likely N-dealkylation sites (N-methyl/N-ethyl adjacent to an activating group) is 1. The van der Waals surface area contributed by atoms with E-state index in [1.54, 1.807) is 18.0 Å². The normalized spacial score (nSPS) is 19.9. The Bertz CT molecular complexity index is 909. The number of thiocarbonyl (C=S) groups is 1. The fraction of sp³-hybridized carbons (Fsp3) is 0.421. The van der Waals surface area contributed by atoms with Crippen molar-refractivity contribution < 1.29 is 18.0 Å². The molecular formula is C19H21F3N4OS. The first-order valence-electron chi connectivity index (χ1n) is 8.88. The van der Waals surface area contributed by atoms with Crippen LogP contribution in [0.5, 0.6) is 0 Å². The summed E-state index contributed by atoms with van der Waals surface area (Å²) in [6, 6.07) is 8.43. The molecule has 0 bridgehead atoms. The molecule has 1 amide bonds. The lowest BCUT2D eigenvalue weighted by molar-refractivity contribution is -0.143. The number of nitrogens with one attached hydrogen (secondary N) is 1. The summed E-state index contributed by atoms with van der Waals surface area (Å²) in [5.74, 6) is -1.64. The van der Waals surface area contributed by atoms with Gasteiger partial charge < -0.3 is 10.2 Å². The second-order valence-corrected chi connectivity index (χ2v) is 7.30. The maximum atomic E-state index is 13.2. The highest BCUT2D eigenvalue weighted by atomic mass is 32.1. The lowest BCUT2D eigenvalue weighted by atomic mass is 9.91. The lowest BCUT2D eigenvalue weighted by Gasteiger charge is -2.18. The number of anilines is 1. The second kappa shape index (κ2) is 7.54. The minimum Gasteiger partial charge on any atom is -0.368 e. The van der Waals surface area contributed by atoms with Crippen LogP contribution < -0.4 is 5.32 Å². The van der Waals surface area contributed by atoms with Crippen LogP contribution in [-0.2, 0) is 24.4 Å². The molecule has 150 valence electrons. The number of alkyl halides is 3. The van der Waals surface area contributed by atoms with Crippen molar-refractivity contribution in [2.45, 2.75) is 25.4 Å². The standard InChI is InChI=1S/C19H21F3N4OS/c1-4-11-7-5-6-8-13(11)23-17(27)16-12(10-25(2)18(16)28)14-9-15(19(20,21)22)26(3)24-14/h5-9,12,16H,4,10H2,1-3H3,(H,23,27)/t12-,16+/m1/s1. The monoisotopic (exact) mass is 410 g/mol. The number of benzene rings is 1. The third kappa shape index (κ3) is 3.76. The molecule has 3 rings (SSSR count). The summed E-state index contributed by atoms with van der Waals surface area (Å²) in [6.07, 6.45) is -3.77. The predicted molar refractivity (Wildman–Crippen MR) is 104 cm³/mol. The molecule has 28 heavy (non-hydrogen) atoms. The Balaban J connectivity index is 1.92. The Morgan fingerprint density at radius 3 is 2.61 bits per heavy atom. The van der Waals surface area contributed by atoms with E-state index in [-0.39, 0.29) is 11.6 Å². The molecule has 1 N–H and O–H groups in total. The average molecular weight is 410 g/mol. The van der Waals surface area contributed by atoms with Gasteiger partial charge in [0, 0.05) is 32.2 Å². The van der Waals surface area contributed by atoms with Gasteiger partial charge in [-0.3, -0.25) is 9.48 Å². The Hall–Kier alpha value is -2.42. The molecule has 0 radical (unpaired) electrons. The third-order valence-corrected chi connectivity index (χ3v) is 5.59. The van der Waals surface area contributed by atoms with Crippen molar-refractivity contribution in [2.24, 2.45) is 13.0 Å². The van der Waals surface area contributed by atoms with Gasteiger partial charge in [0.1, 0.15) is 5.69 Å². The molecule has 1 aliphatic rings. The molecule has 2 aromatic rings. The summed E-state index contributed by atoms with van der Waals surface area (Å²) in [4.78, 5) is 15.1. The molecule has 9 heteroatoms. The molecule has 0 unspecified atom stereocenters. The van der Waals surface area contributed by atoms with Gasteiger partial charge >= 0.3 is 6.18 Å². The topological polar surface area (TPSA) is 50.2 Å². The molecule has 1 fully saturated rings. The molecule has 2 heterocycles. The van der Waals surface area contributed by atoms with E-state index in [1.165, 1.54) is 7.05 Å².